The van der Waals surface area contributed by atoms with Crippen LogP contribution in [0.25, 0.3) is 0 Å². The molecule has 7 heteroatoms. The van der Waals surface area contributed by atoms with Gasteiger partial charge in [0.2, 0.25) is 11.9 Å². The van der Waals surface area contributed by atoms with Gasteiger partial charge in [0.1, 0.15) is 0 Å². The van der Waals surface area contributed by atoms with Gasteiger partial charge in [0.15, 0.2) is 0 Å². The Morgan fingerprint density at radius 1 is 1.40 bits per heavy atom. The van der Waals surface area contributed by atoms with Crippen molar-refractivity contribution in [3.63, 3.8) is 0 Å². The summed E-state index contributed by atoms with van der Waals surface area (Å²) in [6.07, 6.45) is 1.22. The highest BCUT2D eigenvalue weighted by Gasteiger charge is 2.22. The van der Waals surface area contributed by atoms with Crippen LogP contribution in [0.1, 0.15) is 20.3 Å². The van der Waals surface area contributed by atoms with E-state index in [1.807, 2.05) is 25.8 Å². The minimum absolute atomic E-state index is 0.0124. The van der Waals surface area contributed by atoms with Gasteiger partial charge in [-0.25, -0.2) is 0 Å². The van der Waals surface area contributed by atoms with E-state index in [0.29, 0.717) is 11.9 Å². The van der Waals surface area contributed by atoms with Gasteiger partial charge < -0.3 is 20.3 Å². The van der Waals surface area contributed by atoms with Gasteiger partial charge in [0, 0.05) is 20.1 Å². The van der Waals surface area contributed by atoms with E-state index < -0.39 is 0 Å². The molecule has 1 aliphatic heterocycles. The Balaban J connectivity index is 2.04. The SMILES string of the molecule is CC(C)Oc1nc(N)nc(N(C)CC2CCN(C)C2)n1. The number of nitrogens with zero attached hydrogens (tertiary/aromatic N) is 5. The van der Waals surface area contributed by atoms with E-state index in [2.05, 4.69) is 26.9 Å². The zero-order valence-electron chi connectivity index (χ0n) is 12.7. The van der Waals surface area contributed by atoms with E-state index in [9.17, 15) is 0 Å². The van der Waals surface area contributed by atoms with E-state index in [4.69, 9.17) is 10.5 Å². The second kappa shape index (κ2) is 6.21. The molecule has 0 amide bonds. The van der Waals surface area contributed by atoms with Crippen molar-refractivity contribution in [1.29, 1.82) is 0 Å². The van der Waals surface area contributed by atoms with Crippen LogP contribution in [0.15, 0.2) is 0 Å². The Kier molecular flexibility index (Phi) is 4.59. The summed E-state index contributed by atoms with van der Waals surface area (Å²) in [5.41, 5.74) is 5.73. The lowest BCUT2D eigenvalue weighted by Crippen LogP contribution is -2.29. The molecule has 7 nitrogen and oxygen atoms in total. The number of ether oxygens (including phenoxy) is 1. The maximum Gasteiger partial charge on any atom is 0.323 e. The second-order valence-electron chi connectivity index (χ2n) is 5.74. The fourth-order valence-corrected chi connectivity index (χ4v) is 2.44. The van der Waals surface area contributed by atoms with Crippen LogP contribution in [0.5, 0.6) is 6.01 Å². The highest BCUT2D eigenvalue weighted by molar-refractivity contribution is 5.35. The predicted molar refractivity (Wildman–Crippen MR) is 78.9 cm³/mol. The number of anilines is 2. The van der Waals surface area contributed by atoms with Crippen molar-refractivity contribution in [3.05, 3.63) is 0 Å². The minimum Gasteiger partial charge on any atom is -0.461 e. The predicted octanol–water partition coefficient (Wildman–Crippen LogP) is 0.629. The fourth-order valence-electron chi connectivity index (χ4n) is 2.44. The van der Waals surface area contributed by atoms with Gasteiger partial charge in [0.05, 0.1) is 6.10 Å². The molecule has 112 valence electrons. The molecule has 2 rings (SSSR count). The number of hydrogen-bond acceptors (Lipinski definition) is 7. The van der Waals surface area contributed by atoms with E-state index in [1.54, 1.807) is 0 Å². The highest BCUT2D eigenvalue weighted by Crippen LogP contribution is 2.19. The zero-order valence-corrected chi connectivity index (χ0v) is 12.7. The molecule has 1 aromatic heterocycles. The standard InChI is InChI=1S/C13H24N6O/c1-9(2)20-13-16-11(14)15-12(17-13)19(4)8-10-5-6-18(3)7-10/h9-10H,5-8H2,1-4H3,(H2,14,15,16,17). The molecular weight excluding hydrogens is 256 g/mol. The fraction of sp³-hybridized carbons (Fsp3) is 0.769. The summed E-state index contributed by atoms with van der Waals surface area (Å²) in [5, 5.41) is 0. The number of aromatic nitrogens is 3. The zero-order chi connectivity index (χ0) is 14.7. The third kappa shape index (κ3) is 3.93. The summed E-state index contributed by atoms with van der Waals surface area (Å²) in [7, 11) is 4.13. The van der Waals surface area contributed by atoms with Crippen LogP contribution < -0.4 is 15.4 Å². The third-order valence-corrected chi connectivity index (χ3v) is 3.32. The highest BCUT2D eigenvalue weighted by atomic mass is 16.5. The average Bonchev–Trinajstić information content (AvgIpc) is 2.73. The Bertz CT molecular complexity index is 452. The second-order valence-corrected chi connectivity index (χ2v) is 5.74. The van der Waals surface area contributed by atoms with Crippen LogP contribution in [0.3, 0.4) is 0 Å². The normalized spacial score (nSPS) is 19.6. The first-order chi connectivity index (χ1) is 9.44. The molecule has 0 radical (unpaired) electrons. The van der Waals surface area contributed by atoms with E-state index in [0.717, 1.165) is 19.6 Å². The number of likely N-dealkylation sites (tertiary alicyclic amines) is 1. The molecule has 1 unspecified atom stereocenters. The molecule has 0 bridgehead atoms. The summed E-state index contributed by atoms with van der Waals surface area (Å²) in [4.78, 5) is 16.9. The quantitative estimate of drug-likeness (QED) is 0.847. The lowest BCUT2D eigenvalue weighted by Gasteiger charge is -2.21. The first-order valence-electron chi connectivity index (χ1n) is 7.02. The van der Waals surface area contributed by atoms with Gasteiger partial charge in [0.25, 0.3) is 0 Å². The van der Waals surface area contributed by atoms with Crippen LogP contribution in [-0.2, 0) is 0 Å². The van der Waals surface area contributed by atoms with Crippen molar-refractivity contribution in [2.75, 3.05) is 44.4 Å². The van der Waals surface area contributed by atoms with Gasteiger partial charge in [-0.2, -0.15) is 15.0 Å². The summed E-state index contributed by atoms with van der Waals surface area (Å²) in [5.74, 6) is 1.40. The molecule has 0 aliphatic carbocycles. The maximum absolute atomic E-state index is 5.73. The molecule has 1 aromatic rings. The molecule has 1 fully saturated rings. The maximum atomic E-state index is 5.73. The topological polar surface area (TPSA) is 80.4 Å². The van der Waals surface area contributed by atoms with Gasteiger partial charge in [-0.3, -0.25) is 0 Å². The summed E-state index contributed by atoms with van der Waals surface area (Å²) < 4.78 is 5.50. The minimum atomic E-state index is 0.0124. The summed E-state index contributed by atoms with van der Waals surface area (Å²) in [6.45, 7) is 7.03. The first kappa shape index (κ1) is 14.8. The Morgan fingerprint density at radius 3 is 2.75 bits per heavy atom. The van der Waals surface area contributed by atoms with Crippen molar-refractivity contribution < 1.29 is 4.74 Å². The van der Waals surface area contributed by atoms with Crippen molar-refractivity contribution in [1.82, 2.24) is 19.9 Å². The number of rotatable bonds is 5. The van der Waals surface area contributed by atoms with E-state index in [-0.39, 0.29) is 18.1 Å². The monoisotopic (exact) mass is 280 g/mol. The molecule has 1 saturated heterocycles. The lowest BCUT2D eigenvalue weighted by atomic mass is 10.1. The molecule has 20 heavy (non-hydrogen) atoms. The van der Waals surface area contributed by atoms with Gasteiger partial charge >= 0.3 is 6.01 Å². The molecule has 2 N–H and O–H groups in total. The van der Waals surface area contributed by atoms with Crippen molar-refractivity contribution in [2.45, 2.75) is 26.4 Å². The van der Waals surface area contributed by atoms with E-state index >= 15 is 0 Å². The largest absolute Gasteiger partial charge is 0.461 e. The van der Waals surface area contributed by atoms with Gasteiger partial charge in [-0.15, -0.1) is 0 Å². The van der Waals surface area contributed by atoms with Crippen LogP contribution in [0.4, 0.5) is 11.9 Å². The number of nitrogen functional groups attached to an aromatic ring is 1. The molecule has 0 spiro atoms. The summed E-state index contributed by atoms with van der Waals surface area (Å²) in [6, 6.07) is 0.290. The van der Waals surface area contributed by atoms with Gasteiger partial charge in [-0.05, 0) is 39.8 Å². The Hall–Kier alpha value is -1.63. The van der Waals surface area contributed by atoms with Crippen LogP contribution in [-0.4, -0.2) is 59.7 Å². The third-order valence-electron chi connectivity index (χ3n) is 3.32. The molecule has 0 saturated carbocycles. The Labute approximate surface area is 120 Å². The molecular formula is C13H24N6O. The van der Waals surface area contributed by atoms with Crippen molar-refractivity contribution in [3.8, 4) is 6.01 Å². The van der Waals surface area contributed by atoms with Gasteiger partial charge in [-0.1, -0.05) is 0 Å². The molecule has 2 heterocycles. The molecule has 1 aliphatic rings. The van der Waals surface area contributed by atoms with Crippen molar-refractivity contribution >= 4 is 11.9 Å². The summed E-state index contributed by atoms with van der Waals surface area (Å²) >= 11 is 0. The van der Waals surface area contributed by atoms with Crippen LogP contribution in [0.2, 0.25) is 0 Å². The average molecular weight is 280 g/mol. The number of nitrogens with two attached hydrogens (primary N) is 1. The van der Waals surface area contributed by atoms with Crippen LogP contribution in [0, 0.1) is 5.92 Å². The first-order valence-corrected chi connectivity index (χ1v) is 7.02. The smallest absolute Gasteiger partial charge is 0.323 e. The lowest BCUT2D eigenvalue weighted by molar-refractivity contribution is 0.222. The van der Waals surface area contributed by atoms with Crippen LogP contribution >= 0.6 is 0 Å². The molecule has 0 aromatic carbocycles. The number of hydrogen-bond donors (Lipinski definition) is 1. The molecule has 1 atom stereocenters. The Morgan fingerprint density at radius 2 is 2.15 bits per heavy atom. The van der Waals surface area contributed by atoms with Crippen molar-refractivity contribution in [2.24, 2.45) is 5.92 Å². The van der Waals surface area contributed by atoms with E-state index in [1.165, 1.54) is 6.42 Å².